The average molecular weight is 383 g/mol. The molecule has 5 heteroatoms. The fraction of sp³-hybridized carbons (Fsp3) is 0.435. The van der Waals surface area contributed by atoms with Crippen LogP contribution in [0.1, 0.15) is 37.8 Å². The van der Waals surface area contributed by atoms with Crippen molar-refractivity contribution in [2.75, 3.05) is 13.7 Å². The van der Waals surface area contributed by atoms with Crippen LogP contribution in [0.2, 0.25) is 0 Å². The molecule has 28 heavy (non-hydrogen) atoms. The highest BCUT2D eigenvalue weighted by Crippen LogP contribution is 2.27. The van der Waals surface area contributed by atoms with Crippen LogP contribution in [0.25, 0.3) is 0 Å². The molecule has 1 N–H and O–H groups in total. The van der Waals surface area contributed by atoms with Crippen molar-refractivity contribution >= 4 is 5.91 Å². The lowest BCUT2D eigenvalue weighted by Gasteiger charge is -2.21. The first-order valence-electron chi connectivity index (χ1n) is 9.91. The monoisotopic (exact) mass is 383 g/mol. The van der Waals surface area contributed by atoms with Gasteiger partial charge in [-0.15, -0.1) is 0 Å². The van der Waals surface area contributed by atoms with E-state index in [0.717, 1.165) is 18.6 Å². The molecule has 150 valence electrons. The fourth-order valence-corrected chi connectivity index (χ4v) is 3.40. The molecule has 0 spiro atoms. The smallest absolute Gasteiger partial charge is 0.261 e. The van der Waals surface area contributed by atoms with Gasteiger partial charge in [-0.1, -0.05) is 18.2 Å². The summed E-state index contributed by atoms with van der Waals surface area (Å²) in [6.07, 6.45) is 4.12. The van der Waals surface area contributed by atoms with E-state index in [-0.39, 0.29) is 11.9 Å². The molecule has 2 aromatic carbocycles. The van der Waals surface area contributed by atoms with Crippen LogP contribution in [0.3, 0.4) is 0 Å². The highest BCUT2D eigenvalue weighted by Gasteiger charge is 2.18. The zero-order valence-electron chi connectivity index (χ0n) is 16.9. The molecular weight excluding hydrogens is 354 g/mol. The summed E-state index contributed by atoms with van der Waals surface area (Å²) in [6, 6.07) is 13.5. The van der Waals surface area contributed by atoms with Gasteiger partial charge in [0, 0.05) is 0 Å². The lowest BCUT2D eigenvalue weighted by atomic mass is 9.92. The van der Waals surface area contributed by atoms with Crippen LogP contribution in [0.5, 0.6) is 17.2 Å². The van der Waals surface area contributed by atoms with Gasteiger partial charge in [-0.25, -0.2) is 0 Å². The van der Waals surface area contributed by atoms with E-state index in [0.29, 0.717) is 18.1 Å². The van der Waals surface area contributed by atoms with Crippen molar-refractivity contribution in [1.82, 2.24) is 5.32 Å². The lowest BCUT2D eigenvalue weighted by molar-refractivity contribution is -0.128. The number of carbonyl (C=O) groups excluding carboxylic acids is 1. The standard InChI is InChI=1S/C23H29NO4/c1-16(15-27-22-11-7-6-10-21(22)26-3)24-23(25)17(2)28-20-13-12-18-8-4-5-9-19(18)14-20/h6-7,10-14,16-17H,4-5,8-9,15H2,1-3H3,(H,24,25). The maximum Gasteiger partial charge on any atom is 0.261 e. The first-order chi connectivity index (χ1) is 13.6. The van der Waals surface area contributed by atoms with E-state index in [1.165, 1.54) is 24.0 Å². The number of aryl methyl sites for hydroxylation is 2. The molecule has 0 heterocycles. The van der Waals surface area contributed by atoms with Crippen LogP contribution in [-0.4, -0.2) is 31.8 Å². The van der Waals surface area contributed by atoms with Gasteiger partial charge in [-0.3, -0.25) is 4.79 Å². The summed E-state index contributed by atoms with van der Waals surface area (Å²) in [4.78, 5) is 12.5. The molecule has 2 aromatic rings. The summed E-state index contributed by atoms with van der Waals surface area (Å²) in [6.45, 7) is 4.01. The van der Waals surface area contributed by atoms with Gasteiger partial charge in [0.2, 0.25) is 0 Å². The van der Waals surface area contributed by atoms with Crippen molar-refractivity contribution in [1.29, 1.82) is 0 Å². The van der Waals surface area contributed by atoms with Crippen LogP contribution >= 0.6 is 0 Å². The number of para-hydroxylation sites is 2. The predicted molar refractivity (Wildman–Crippen MR) is 109 cm³/mol. The third kappa shape index (κ3) is 5.18. The van der Waals surface area contributed by atoms with Gasteiger partial charge in [-0.05, 0) is 74.9 Å². The fourth-order valence-electron chi connectivity index (χ4n) is 3.40. The molecule has 1 aliphatic carbocycles. The van der Waals surface area contributed by atoms with E-state index in [1.807, 2.05) is 37.3 Å². The third-order valence-corrected chi connectivity index (χ3v) is 4.95. The van der Waals surface area contributed by atoms with Gasteiger partial charge >= 0.3 is 0 Å². The average Bonchev–Trinajstić information content (AvgIpc) is 2.72. The number of rotatable bonds is 8. The van der Waals surface area contributed by atoms with Crippen molar-refractivity contribution in [3.63, 3.8) is 0 Å². The second-order valence-corrected chi connectivity index (χ2v) is 7.27. The molecule has 2 unspecified atom stereocenters. The third-order valence-electron chi connectivity index (χ3n) is 4.95. The zero-order chi connectivity index (χ0) is 19.9. The predicted octanol–water partition coefficient (Wildman–Crippen LogP) is 3.93. The molecule has 0 radical (unpaired) electrons. The number of nitrogens with one attached hydrogen (secondary N) is 1. The highest BCUT2D eigenvalue weighted by molar-refractivity contribution is 5.81. The molecule has 3 rings (SSSR count). The quantitative estimate of drug-likeness (QED) is 0.751. The number of fused-ring (bicyclic) bond motifs is 1. The van der Waals surface area contributed by atoms with Crippen LogP contribution in [0, 0.1) is 0 Å². The van der Waals surface area contributed by atoms with E-state index in [4.69, 9.17) is 14.2 Å². The van der Waals surface area contributed by atoms with Crippen molar-refractivity contribution in [3.8, 4) is 17.2 Å². The first-order valence-corrected chi connectivity index (χ1v) is 9.91. The Morgan fingerprint density at radius 2 is 1.75 bits per heavy atom. The van der Waals surface area contributed by atoms with E-state index in [1.54, 1.807) is 14.0 Å². The SMILES string of the molecule is COc1ccccc1OCC(C)NC(=O)C(C)Oc1ccc2c(c1)CCCC2. The van der Waals surface area contributed by atoms with Crippen LogP contribution < -0.4 is 19.5 Å². The van der Waals surface area contributed by atoms with Crippen molar-refractivity contribution in [3.05, 3.63) is 53.6 Å². The van der Waals surface area contributed by atoms with Crippen LogP contribution in [0.15, 0.2) is 42.5 Å². The number of amides is 1. The minimum absolute atomic E-state index is 0.158. The molecule has 1 aliphatic rings. The van der Waals surface area contributed by atoms with E-state index < -0.39 is 6.10 Å². The van der Waals surface area contributed by atoms with Crippen LogP contribution in [-0.2, 0) is 17.6 Å². The Morgan fingerprint density at radius 3 is 2.50 bits per heavy atom. The largest absolute Gasteiger partial charge is 0.493 e. The Balaban J connectivity index is 1.49. The van der Waals surface area contributed by atoms with Crippen molar-refractivity contribution < 1.29 is 19.0 Å². The molecule has 0 saturated carbocycles. The number of benzene rings is 2. The van der Waals surface area contributed by atoms with Gasteiger partial charge in [0.05, 0.1) is 13.2 Å². The van der Waals surface area contributed by atoms with Crippen LogP contribution in [0.4, 0.5) is 0 Å². The first kappa shape index (κ1) is 20.1. The van der Waals surface area contributed by atoms with E-state index in [2.05, 4.69) is 17.4 Å². The normalized spacial score (nSPS) is 15.1. The number of carbonyl (C=O) groups is 1. The van der Waals surface area contributed by atoms with E-state index in [9.17, 15) is 4.79 Å². The Kier molecular flexibility index (Phi) is 6.80. The number of hydrogen-bond donors (Lipinski definition) is 1. The molecular formula is C23H29NO4. The molecule has 0 fully saturated rings. The topological polar surface area (TPSA) is 56.8 Å². The van der Waals surface area contributed by atoms with Crippen molar-refractivity contribution in [2.24, 2.45) is 0 Å². The maximum absolute atomic E-state index is 12.5. The summed E-state index contributed by atoms with van der Waals surface area (Å²) in [5.41, 5.74) is 2.74. The molecule has 0 saturated heterocycles. The summed E-state index contributed by atoms with van der Waals surface area (Å²) in [7, 11) is 1.60. The summed E-state index contributed by atoms with van der Waals surface area (Å²) < 4.78 is 16.9. The lowest BCUT2D eigenvalue weighted by Crippen LogP contribution is -2.43. The Labute approximate surface area is 167 Å². The highest BCUT2D eigenvalue weighted by atomic mass is 16.5. The molecule has 0 aliphatic heterocycles. The number of ether oxygens (including phenoxy) is 3. The van der Waals surface area contributed by atoms with Crippen molar-refractivity contribution in [2.45, 2.75) is 51.7 Å². The second-order valence-electron chi connectivity index (χ2n) is 7.27. The Morgan fingerprint density at radius 1 is 1.04 bits per heavy atom. The molecule has 0 bridgehead atoms. The Hall–Kier alpha value is -2.69. The summed E-state index contributed by atoms with van der Waals surface area (Å²) >= 11 is 0. The molecule has 0 aromatic heterocycles. The zero-order valence-corrected chi connectivity index (χ0v) is 16.9. The number of methoxy groups -OCH3 is 1. The molecule has 2 atom stereocenters. The van der Waals surface area contributed by atoms with Gasteiger partial charge < -0.3 is 19.5 Å². The van der Waals surface area contributed by atoms with Gasteiger partial charge in [0.1, 0.15) is 12.4 Å². The maximum atomic E-state index is 12.5. The summed E-state index contributed by atoms with van der Waals surface area (Å²) in [5.74, 6) is 1.92. The minimum Gasteiger partial charge on any atom is -0.493 e. The number of hydrogen-bond acceptors (Lipinski definition) is 4. The Bertz CT molecular complexity index is 805. The van der Waals surface area contributed by atoms with Gasteiger partial charge in [0.25, 0.3) is 5.91 Å². The second kappa shape index (κ2) is 9.49. The minimum atomic E-state index is -0.574. The van der Waals surface area contributed by atoms with Gasteiger partial charge in [0.15, 0.2) is 17.6 Å². The molecule has 5 nitrogen and oxygen atoms in total. The van der Waals surface area contributed by atoms with Gasteiger partial charge in [-0.2, -0.15) is 0 Å². The summed E-state index contributed by atoms with van der Waals surface area (Å²) in [5, 5.41) is 2.94. The van der Waals surface area contributed by atoms with E-state index >= 15 is 0 Å². The molecule has 1 amide bonds.